The van der Waals surface area contributed by atoms with Gasteiger partial charge in [-0.15, -0.1) is 5.01 Å². The second-order valence-electron chi connectivity index (χ2n) is 7.35. The van der Waals surface area contributed by atoms with Crippen molar-refractivity contribution < 1.29 is 19.1 Å². The van der Waals surface area contributed by atoms with Crippen molar-refractivity contribution >= 4 is 18.2 Å². The first-order valence-corrected chi connectivity index (χ1v) is 9.65. The number of rotatable bonds is 5. The fourth-order valence-electron chi connectivity index (χ4n) is 3.65. The number of benzene rings is 2. The molecule has 2 heterocycles. The third kappa shape index (κ3) is 3.33. The molecular formula is C22H23N3O4. The lowest BCUT2D eigenvalue weighted by Gasteiger charge is -2.21. The molecule has 7 nitrogen and oxygen atoms in total. The van der Waals surface area contributed by atoms with Gasteiger partial charge >= 0.3 is 6.03 Å². The number of urea groups is 1. The Morgan fingerprint density at radius 3 is 2.79 bits per heavy atom. The fraction of sp³-hybridized carbons (Fsp3) is 0.318. The van der Waals surface area contributed by atoms with E-state index in [1.54, 1.807) is 19.1 Å². The second kappa shape index (κ2) is 7.24. The molecule has 0 unspecified atom stereocenters. The van der Waals surface area contributed by atoms with Crippen molar-refractivity contribution in [3.63, 3.8) is 0 Å². The molecule has 29 heavy (non-hydrogen) atoms. The summed E-state index contributed by atoms with van der Waals surface area (Å²) >= 11 is 0. The maximum absolute atomic E-state index is 13.0. The number of carbonyl (C=O) groups is 2. The van der Waals surface area contributed by atoms with Crippen molar-refractivity contribution in [1.29, 1.82) is 0 Å². The average molecular weight is 393 g/mol. The molecule has 3 amide bonds. The van der Waals surface area contributed by atoms with Crippen molar-refractivity contribution in [3.8, 4) is 11.5 Å². The molecule has 1 fully saturated rings. The lowest BCUT2D eigenvalue weighted by Crippen LogP contribution is -2.40. The number of nitrogens with one attached hydrogen (secondary N) is 1. The predicted molar refractivity (Wildman–Crippen MR) is 108 cm³/mol. The minimum atomic E-state index is -1.16. The number of carbonyl (C=O) groups excluding carboxylic acids is 2. The van der Waals surface area contributed by atoms with E-state index in [1.807, 2.05) is 44.2 Å². The van der Waals surface area contributed by atoms with Gasteiger partial charge in [0.2, 0.25) is 0 Å². The molecule has 0 spiro atoms. The van der Waals surface area contributed by atoms with Crippen LogP contribution in [-0.2, 0) is 16.8 Å². The zero-order valence-corrected chi connectivity index (χ0v) is 16.6. The van der Waals surface area contributed by atoms with Crippen LogP contribution in [0.25, 0.3) is 0 Å². The van der Waals surface area contributed by atoms with Crippen LogP contribution in [0.3, 0.4) is 0 Å². The van der Waals surface area contributed by atoms with Crippen molar-refractivity contribution in [2.45, 2.75) is 38.8 Å². The number of amides is 3. The van der Waals surface area contributed by atoms with E-state index in [2.05, 4.69) is 10.4 Å². The molecule has 7 heteroatoms. The normalized spacial score (nSPS) is 23.3. The zero-order valence-electron chi connectivity index (χ0n) is 16.6. The van der Waals surface area contributed by atoms with Gasteiger partial charge in [-0.25, -0.2) is 4.79 Å². The van der Waals surface area contributed by atoms with E-state index in [0.717, 1.165) is 22.7 Å². The Morgan fingerprint density at radius 2 is 2.07 bits per heavy atom. The van der Waals surface area contributed by atoms with Crippen LogP contribution < -0.4 is 14.8 Å². The van der Waals surface area contributed by atoms with E-state index in [4.69, 9.17) is 9.47 Å². The molecule has 0 aromatic heterocycles. The molecule has 0 radical (unpaired) electrons. The van der Waals surface area contributed by atoms with Gasteiger partial charge < -0.3 is 14.8 Å². The summed E-state index contributed by atoms with van der Waals surface area (Å²) in [5.41, 5.74) is 1.26. The standard InChI is InChI=1S/C22H23N3O4/c1-4-28-18-11-15-10-14(2)29-19(15)12-16(18)13-23-25-20(26)22(3,24-21(25)27)17-8-6-5-7-9-17/h5-9,11-14H,4,10H2,1-3H3,(H,24,27)/b23-13-/t14-,22-/m0/s1. The molecule has 0 bridgehead atoms. The number of hydrogen-bond acceptors (Lipinski definition) is 5. The molecule has 2 aliphatic heterocycles. The van der Waals surface area contributed by atoms with E-state index in [9.17, 15) is 9.59 Å². The quantitative estimate of drug-likeness (QED) is 0.625. The Kier molecular flexibility index (Phi) is 4.74. The fourth-order valence-corrected chi connectivity index (χ4v) is 3.65. The van der Waals surface area contributed by atoms with E-state index < -0.39 is 17.5 Å². The minimum Gasteiger partial charge on any atom is -0.493 e. The Balaban J connectivity index is 1.63. The van der Waals surface area contributed by atoms with Gasteiger partial charge in [0.15, 0.2) is 0 Å². The Hall–Kier alpha value is -3.35. The van der Waals surface area contributed by atoms with Crippen LogP contribution in [0.4, 0.5) is 4.79 Å². The van der Waals surface area contributed by atoms with Gasteiger partial charge in [-0.3, -0.25) is 4.79 Å². The summed E-state index contributed by atoms with van der Waals surface area (Å²) in [4.78, 5) is 25.4. The number of hydrazone groups is 1. The summed E-state index contributed by atoms with van der Waals surface area (Å²) in [5.74, 6) is 0.980. The SMILES string of the molecule is CCOc1cc2c(cc1/C=N\N1C(=O)N[C@@](C)(c3ccccc3)C1=O)O[C@@H](C)C2. The number of ether oxygens (including phenoxy) is 2. The third-order valence-corrected chi connectivity index (χ3v) is 5.16. The molecule has 2 aliphatic rings. The highest BCUT2D eigenvalue weighted by molar-refractivity contribution is 6.07. The van der Waals surface area contributed by atoms with Gasteiger partial charge in [0.05, 0.1) is 12.8 Å². The second-order valence-corrected chi connectivity index (χ2v) is 7.35. The molecule has 0 aliphatic carbocycles. The maximum atomic E-state index is 13.0. The molecule has 2 atom stereocenters. The maximum Gasteiger partial charge on any atom is 0.346 e. The molecule has 2 aromatic rings. The summed E-state index contributed by atoms with van der Waals surface area (Å²) < 4.78 is 11.5. The van der Waals surface area contributed by atoms with Crippen molar-refractivity contribution in [3.05, 3.63) is 59.2 Å². The molecule has 2 aromatic carbocycles. The van der Waals surface area contributed by atoms with Crippen molar-refractivity contribution in [2.75, 3.05) is 6.61 Å². The number of nitrogens with zero attached hydrogens (tertiary/aromatic N) is 2. The van der Waals surface area contributed by atoms with E-state index >= 15 is 0 Å². The van der Waals surface area contributed by atoms with Crippen molar-refractivity contribution in [1.82, 2.24) is 10.3 Å². The highest BCUT2D eigenvalue weighted by Crippen LogP contribution is 2.35. The van der Waals surface area contributed by atoms with Crippen LogP contribution in [0, 0.1) is 0 Å². The number of hydrogen-bond donors (Lipinski definition) is 1. The van der Waals surface area contributed by atoms with Gasteiger partial charge in [-0.2, -0.15) is 5.10 Å². The lowest BCUT2D eigenvalue weighted by molar-refractivity contribution is -0.131. The van der Waals surface area contributed by atoms with Crippen LogP contribution in [0.5, 0.6) is 11.5 Å². The van der Waals surface area contributed by atoms with Crippen LogP contribution >= 0.6 is 0 Å². The smallest absolute Gasteiger partial charge is 0.346 e. The predicted octanol–water partition coefficient (Wildman–Crippen LogP) is 3.21. The number of fused-ring (bicyclic) bond motifs is 1. The minimum absolute atomic E-state index is 0.101. The lowest BCUT2D eigenvalue weighted by atomic mass is 9.92. The van der Waals surface area contributed by atoms with Crippen LogP contribution in [-0.4, -0.2) is 35.9 Å². The Morgan fingerprint density at radius 1 is 1.31 bits per heavy atom. The molecule has 4 rings (SSSR count). The van der Waals surface area contributed by atoms with Crippen LogP contribution in [0.1, 0.15) is 37.5 Å². The highest BCUT2D eigenvalue weighted by Gasteiger charge is 2.49. The molecule has 1 N–H and O–H groups in total. The van der Waals surface area contributed by atoms with Gasteiger partial charge in [-0.05, 0) is 38.5 Å². The van der Waals surface area contributed by atoms with Gasteiger partial charge in [0.25, 0.3) is 5.91 Å². The Labute approximate surface area is 169 Å². The highest BCUT2D eigenvalue weighted by atomic mass is 16.5. The molecule has 1 saturated heterocycles. The first-order chi connectivity index (χ1) is 13.9. The van der Waals surface area contributed by atoms with Gasteiger partial charge in [-0.1, -0.05) is 30.3 Å². The molecular weight excluding hydrogens is 370 g/mol. The molecule has 150 valence electrons. The summed E-state index contributed by atoms with van der Waals surface area (Å²) in [6.07, 6.45) is 2.38. The summed E-state index contributed by atoms with van der Waals surface area (Å²) in [6.45, 7) is 6.07. The van der Waals surface area contributed by atoms with Gasteiger partial charge in [0, 0.05) is 17.5 Å². The van der Waals surface area contributed by atoms with Crippen molar-refractivity contribution in [2.24, 2.45) is 5.10 Å². The van der Waals surface area contributed by atoms with E-state index in [-0.39, 0.29) is 6.10 Å². The largest absolute Gasteiger partial charge is 0.493 e. The Bertz CT molecular complexity index is 989. The summed E-state index contributed by atoms with van der Waals surface area (Å²) in [7, 11) is 0. The summed E-state index contributed by atoms with van der Waals surface area (Å²) in [6, 6.07) is 12.3. The van der Waals surface area contributed by atoms with E-state index in [1.165, 1.54) is 6.21 Å². The number of imide groups is 1. The average Bonchev–Trinajstić information content (AvgIpc) is 3.17. The van der Waals surface area contributed by atoms with Gasteiger partial charge in [0.1, 0.15) is 23.1 Å². The van der Waals surface area contributed by atoms with E-state index in [0.29, 0.717) is 23.5 Å². The first-order valence-electron chi connectivity index (χ1n) is 9.65. The summed E-state index contributed by atoms with van der Waals surface area (Å²) in [5, 5.41) is 7.77. The first kappa shape index (κ1) is 19.0. The zero-order chi connectivity index (χ0) is 20.6. The third-order valence-electron chi connectivity index (χ3n) is 5.16. The van der Waals surface area contributed by atoms with Crippen LogP contribution in [0.2, 0.25) is 0 Å². The van der Waals surface area contributed by atoms with Crippen LogP contribution in [0.15, 0.2) is 47.6 Å². The monoisotopic (exact) mass is 393 g/mol. The molecule has 0 saturated carbocycles. The topological polar surface area (TPSA) is 80.2 Å².